The van der Waals surface area contributed by atoms with E-state index < -0.39 is 0 Å². The molecule has 1 aromatic heterocycles. The molecule has 17 heavy (non-hydrogen) atoms. The van der Waals surface area contributed by atoms with Crippen molar-refractivity contribution >= 4 is 11.5 Å². The topological polar surface area (TPSA) is 80.4 Å². The molecule has 5 nitrogen and oxygen atoms in total. The van der Waals surface area contributed by atoms with E-state index >= 15 is 0 Å². The van der Waals surface area contributed by atoms with Gasteiger partial charge in [0.2, 0.25) is 5.88 Å². The average molecular weight is 239 g/mol. The molecular weight excluding hydrogens is 218 g/mol. The number of nitrogens with two attached hydrogens (primary N) is 1. The molecular formula is C12H21N3O2. The minimum Gasteiger partial charge on any atom is -0.479 e. The number of rotatable bonds is 6. The lowest BCUT2D eigenvalue weighted by Crippen LogP contribution is -2.26. The lowest BCUT2D eigenvalue weighted by Gasteiger charge is -2.19. The molecule has 4 N–H and O–H groups in total. The Balaban J connectivity index is 2.72. The highest BCUT2D eigenvalue weighted by atomic mass is 16.5. The van der Waals surface area contributed by atoms with Crippen LogP contribution in [0.2, 0.25) is 0 Å². The largest absolute Gasteiger partial charge is 0.479 e. The van der Waals surface area contributed by atoms with E-state index in [2.05, 4.69) is 24.1 Å². The van der Waals surface area contributed by atoms with Crippen LogP contribution in [0.5, 0.6) is 5.88 Å². The Morgan fingerprint density at radius 3 is 2.71 bits per heavy atom. The molecule has 1 aromatic rings. The Hall–Kier alpha value is -1.49. The van der Waals surface area contributed by atoms with Gasteiger partial charge in [-0.25, -0.2) is 0 Å². The number of nitrogens with one attached hydrogen (secondary N) is 1. The Labute approximate surface area is 102 Å². The van der Waals surface area contributed by atoms with Gasteiger partial charge in [0.05, 0.1) is 25.4 Å². The van der Waals surface area contributed by atoms with Crippen LogP contribution < -0.4 is 15.8 Å². The summed E-state index contributed by atoms with van der Waals surface area (Å²) in [6.07, 6.45) is 0.880. The van der Waals surface area contributed by atoms with Gasteiger partial charge in [-0.1, -0.05) is 13.8 Å². The zero-order valence-corrected chi connectivity index (χ0v) is 10.6. The van der Waals surface area contributed by atoms with Crippen molar-refractivity contribution in [2.45, 2.75) is 26.3 Å². The van der Waals surface area contributed by atoms with E-state index in [-0.39, 0.29) is 12.6 Å². The minimum absolute atomic E-state index is 0.00386. The van der Waals surface area contributed by atoms with E-state index in [1.54, 1.807) is 12.1 Å². The van der Waals surface area contributed by atoms with Crippen LogP contribution in [0.25, 0.3) is 0 Å². The maximum Gasteiger partial charge on any atom is 0.238 e. The van der Waals surface area contributed by atoms with Crippen molar-refractivity contribution in [1.82, 2.24) is 4.98 Å². The molecule has 0 aliphatic carbocycles. The molecule has 0 radical (unpaired) electrons. The van der Waals surface area contributed by atoms with Gasteiger partial charge >= 0.3 is 0 Å². The summed E-state index contributed by atoms with van der Waals surface area (Å²) in [5.74, 6) is 1.57. The van der Waals surface area contributed by atoms with Gasteiger partial charge in [0.1, 0.15) is 5.82 Å². The molecule has 1 heterocycles. The molecule has 96 valence electrons. The van der Waals surface area contributed by atoms with Crippen molar-refractivity contribution in [1.29, 1.82) is 0 Å². The number of ether oxygens (including phenoxy) is 1. The first-order valence-corrected chi connectivity index (χ1v) is 5.74. The van der Waals surface area contributed by atoms with E-state index in [1.807, 2.05) is 0 Å². The summed E-state index contributed by atoms with van der Waals surface area (Å²) in [6, 6.07) is 3.51. The van der Waals surface area contributed by atoms with Crippen LogP contribution >= 0.6 is 0 Å². The predicted molar refractivity (Wildman–Crippen MR) is 69.2 cm³/mol. The Morgan fingerprint density at radius 2 is 2.18 bits per heavy atom. The lowest BCUT2D eigenvalue weighted by atomic mass is 10.0. The third kappa shape index (κ3) is 4.11. The van der Waals surface area contributed by atoms with E-state index in [0.717, 1.165) is 6.42 Å². The second-order valence-electron chi connectivity index (χ2n) is 4.45. The van der Waals surface area contributed by atoms with Crippen molar-refractivity contribution in [3.05, 3.63) is 12.1 Å². The third-order valence-electron chi connectivity index (χ3n) is 2.41. The van der Waals surface area contributed by atoms with Crippen LogP contribution in [0.15, 0.2) is 12.1 Å². The molecule has 0 fully saturated rings. The smallest absolute Gasteiger partial charge is 0.238 e. The molecule has 5 heteroatoms. The quantitative estimate of drug-likeness (QED) is 0.701. The zero-order valence-electron chi connectivity index (χ0n) is 10.6. The van der Waals surface area contributed by atoms with Gasteiger partial charge in [-0.2, -0.15) is 4.98 Å². The SMILES string of the molecule is COc1nc(NC(CO)CC(C)C)ccc1N. The van der Waals surface area contributed by atoms with Gasteiger partial charge < -0.3 is 20.9 Å². The summed E-state index contributed by atoms with van der Waals surface area (Å²) in [5, 5.41) is 12.4. The highest BCUT2D eigenvalue weighted by Crippen LogP contribution is 2.21. The highest BCUT2D eigenvalue weighted by Gasteiger charge is 2.11. The fourth-order valence-corrected chi connectivity index (χ4v) is 1.65. The van der Waals surface area contributed by atoms with Crippen LogP contribution in [0, 0.1) is 5.92 Å². The molecule has 1 atom stereocenters. The summed E-state index contributed by atoms with van der Waals surface area (Å²) in [7, 11) is 1.53. The van der Waals surface area contributed by atoms with Gasteiger partial charge in [-0.05, 0) is 24.5 Å². The number of nitrogen functional groups attached to an aromatic ring is 1. The summed E-state index contributed by atoms with van der Waals surface area (Å²) in [5.41, 5.74) is 6.18. The van der Waals surface area contributed by atoms with Crippen molar-refractivity contribution in [2.24, 2.45) is 5.92 Å². The molecule has 0 aliphatic heterocycles. The number of methoxy groups -OCH3 is 1. The first kappa shape index (κ1) is 13.6. The molecule has 0 saturated heterocycles. The van der Waals surface area contributed by atoms with Crippen LogP contribution in [0.4, 0.5) is 11.5 Å². The average Bonchev–Trinajstić information content (AvgIpc) is 2.30. The highest BCUT2D eigenvalue weighted by molar-refractivity contribution is 5.53. The Kier molecular flexibility index (Phi) is 5.03. The van der Waals surface area contributed by atoms with Gasteiger partial charge in [0, 0.05) is 0 Å². The van der Waals surface area contributed by atoms with Crippen molar-refractivity contribution < 1.29 is 9.84 Å². The number of hydrogen-bond donors (Lipinski definition) is 3. The summed E-state index contributed by atoms with van der Waals surface area (Å²) < 4.78 is 5.04. The molecule has 1 unspecified atom stereocenters. The molecule has 0 aromatic carbocycles. The number of pyridine rings is 1. The molecule has 0 bridgehead atoms. The molecule has 0 saturated carbocycles. The number of nitrogens with zero attached hydrogens (tertiary/aromatic N) is 1. The van der Waals surface area contributed by atoms with Gasteiger partial charge in [0.25, 0.3) is 0 Å². The van der Waals surface area contributed by atoms with Crippen molar-refractivity contribution in [3.63, 3.8) is 0 Å². The monoisotopic (exact) mass is 239 g/mol. The van der Waals surface area contributed by atoms with Crippen LogP contribution in [-0.2, 0) is 0 Å². The van der Waals surface area contributed by atoms with E-state index in [9.17, 15) is 5.11 Å². The zero-order chi connectivity index (χ0) is 12.8. The summed E-state index contributed by atoms with van der Waals surface area (Å²) in [4.78, 5) is 4.22. The van der Waals surface area contributed by atoms with E-state index in [4.69, 9.17) is 10.5 Å². The first-order chi connectivity index (χ1) is 8.06. The predicted octanol–water partition coefficient (Wildman–Crippen LogP) is 1.49. The van der Waals surface area contributed by atoms with Crippen LogP contribution in [0.1, 0.15) is 20.3 Å². The van der Waals surface area contributed by atoms with Crippen LogP contribution in [0.3, 0.4) is 0 Å². The number of hydrogen-bond acceptors (Lipinski definition) is 5. The van der Waals surface area contributed by atoms with E-state index in [0.29, 0.717) is 23.3 Å². The maximum atomic E-state index is 9.27. The van der Waals surface area contributed by atoms with Crippen molar-refractivity contribution in [2.75, 3.05) is 24.8 Å². The van der Waals surface area contributed by atoms with Gasteiger partial charge in [-0.3, -0.25) is 0 Å². The second kappa shape index (κ2) is 6.30. The first-order valence-electron chi connectivity index (χ1n) is 5.74. The lowest BCUT2D eigenvalue weighted by molar-refractivity contribution is 0.259. The maximum absolute atomic E-state index is 9.27. The molecule has 0 spiro atoms. The number of aliphatic hydroxyl groups is 1. The molecule has 0 aliphatic rings. The van der Waals surface area contributed by atoms with Crippen molar-refractivity contribution in [3.8, 4) is 5.88 Å². The standard InChI is InChI=1S/C12H21N3O2/c1-8(2)6-9(7-16)14-11-5-4-10(13)12(15-11)17-3/h4-5,8-9,16H,6-7,13H2,1-3H3,(H,14,15). The minimum atomic E-state index is -0.00386. The van der Waals surface area contributed by atoms with Gasteiger partial charge in [-0.15, -0.1) is 0 Å². The Morgan fingerprint density at radius 1 is 1.47 bits per heavy atom. The summed E-state index contributed by atoms with van der Waals surface area (Å²) in [6.45, 7) is 4.30. The fourth-order valence-electron chi connectivity index (χ4n) is 1.65. The molecule has 0 amide bonds. The number of aromatic nitrogens is 1. The second-order valence-corrected chi connectivity index (χ2v) is 4.45. The Bertz CT molecular complexity index is 356. The van der Waals surface area contributed by atoms with Crippen LogP contribution in [-0.4, -0.2) is 29.8 Å². The third-order valence-corrected chi connectivity index (χ3v) is 2.41. The molecule has 1 rings (SSSR count). The van der Waals surface area contributed by atoms with E-state index in [1.165, 1.54) is 7.11 Å². The number of aliphatic hydroxyl groups excluding tert-OH is 1. The van der Waals surface area contributed by atoms with Gasteiger partial charge in [0.15, 0.2) is 0 Å². The normalized spacial score (nSPS) is 12.5. The number of anilines is 2. The fraction of sp³-hybridized carbons (Fsp3) is 0.583. The summed E-state index contributed by atoms with van der Waals surface area (Å²) >= 11 is 0.